The molecular weight excluding hydrogens is 346 g/mol. The Morgan fingerprint density at radius 1 is 1.12 bits per heavy atom. The fourth-order valence-corrected chi connectivity index (χ4v) is 3.15. The van der Waals surface area contributed by atoms with Crippen LogP contribution in [0, 0.1) is 6.92 Å². The summed E-state index contributed by atoms with van der Waals surface area (Å²) >= 11 is 6.06. The van der Waals surface area contributed by atoms with E-state index >= 15 is 0 Å². The standard InChI is InChI=1S/C21H22ClN3O/c1-14-19(11-17-10-18(22)8-9-20(17)24-14)21(26)23-12-15-6-4-5-7-16(15)13-25(2)3/h4-11H,12-13H2,1-3H3,(H,23,26). The summed E-state index contributed by atoms with van der Waals surface area (Å²) in [7, 11) is 4.06. The van der Waals surface area contributed by atoms with Crippen molar-refractivity contribution in [1.29, 1.82) is 0 Å². The van der Waals surface area contributed by atoms with Gasteiger partial charge in [-0.2, -0.15) is 0 Å². The molecule has 1 N–H and O–H groups in total. The van der Waals surface area contributed by atoms with Gasteiger partial charge in [0.2, 0.25) is 0 Å². The molecule has 2 aromatic carbocycles. The molecule has 1 heterocycles. The van der Waals surface area contributed by atoms with Gasteiger partial charge in [-0.15, -0.1) is 0 Å². The Morgan fingerprint density at radius 3 is 2.58 bits per heavy atom. The molecule has 0 aliphatic rings. The van der Waals surface area contributed by atoms with Crippen molar-refractivity contribution in [2.45, 2.75) is 20.0 Å². The van der Waals surface area contributed by atoms with Gasteiger partial charge >= 0.3 is 0 Å². The number of halogens is 1. The summed E-state index contributed by atoms with van der Waals surface area (Å²) in [4.78, 5) is 19.3. The Morgan fingerprint density at radius 2 is 1.85 bits per heavy atom. The smallest absolute Gasteiger partial charge is 0.253 e. The fraction of sp³-hybridized carbons (Fsp3) is 0.238. The van der Waals surface area contributed by atoms with Crippen LogP contribution in [0.2, 0.25) is 5.02 Å². The first kappa shape index (κ1) is 18.4. The molecule has 26 heavy (non-hydrogen) atoms. The molecule has 0 bridgehead atoms. The number of hydrogen-bond donors (Lipinski definition) is 1. The molecule has 0 aliphatic heterocycles. The first-order valence-corrected chi connectivity index (χ1v) is 8.88. The first-order chi connectivity index (χ1) is 12.4. The van der Waals surface area contributed by atoms with Gasteiger partial charge < -0.3 is 10.2 Å². The molecule has 0 fully saturated rings. The molecule has 0 saturated heterocycles. The highest BCUT2D eigenvalue weighted by Gasteiger charge is 2.13. The first-order valence-electron chi connectivity index (χ1n) is 8.50. The van der Waals surface area contributed by atoms with Crippen LogP contribution in [-0.4, -0.2) is 29.9 Å². The number of nitrogens with zero attached hydrogens (tertiary/aromatic N) is 2. The molecule has 0 aliphatic carbocycles. The number of nitrogens with one attached hydrogen (secondary N) is 1. The maximum atomic E-state index is 12.7. The molecule has 134 valence electrons. The predicted octanol–water partition coefficient (Wildman–Crippen LogP) is 4.19. The Balaban J connectivity index is 1.81. The lowest BCUT2D eigenvalue weighted by molar-refractivity contribution is 0.0950. The third-order valence-electron chi connectivity index (χ3n) is 4.26. The Labute approximate surface area is 158 Å². The van der Waals surface area contributed by atoms with Gasteiger partial charge in [0.1, 0.15) is 0 Å². The van der Waals surface area contributed by atoms with Crippen molar-refractivity contribution in [1.82, 2.24) is 15.2 Å². The lowest BCUT2D eigenvalue weighted by Gasteiger charge is -2.15. The summed E-state index contributed by atoms with van der Waals surface area (Å²) in [5.41, 5.74) is 4.44. The summed E-state index contributed by atoms with van der Waals surface area (Å²) in [6.45, 7) is 3.17. The number of hydrogen-bond acceptors (Lipinski definition) is 3. The highest BCUT2D eigenvalue weighted by molar-refractivity contribution is 6.31. The summed E-state index contributed by atoms with van der Waals surface area (Å²) in [5, 5.41) is 4.51. The average Bonchev–Trinajstić information content (AvgIpc) is 2.60. The summed E-state index contributed by atoms with van der Waals surface area (Å²) in [6.07, 6.45) is 0. The molecule has 1 amide bonds. The lowest BCUT2D eigenvalue weighted by Crippen LogP contribution is -2.25. The van der Waals surface area contributed by atoms with Crippen LogP contribution in [0.25, 0.3) is 10.9 Å². The van der Waals surface area contributed by atoms with E-state index in [-0.39, 0.29) is 5.91 Å². The van der Waals surface area contributed by atoms with E-state index < -0.39 is 0 Å². The van der Waals surface area contributed by atoms with Crippen LogP contribution in [0.4, 0.5) is 0 Å². The highest BCUT2D eigenvalue weighted by Crippen LogP contribution is 2.21. The SMILES string of the molecule is Cc1nc2ccc(Cl)cc2cc1C(=O)NCc1ccccc1CN(C)C. The number of aryl methyl sites for hydroxylation is 1. The van der Waals surface area contributed by atoms with Crippen LogP contribution in [-0.2, 0) is 13.1 Å². The molecule has 1 aromatic heterocycles. The van der Waals surface area contributed by atoms with E-state index in [2.05, 4.69) is 21.3 Å². The van der Waals surface area contributed by atoms with Crippen LogP contribution in [0.3, 0.4) is 0 Å². The number of benzene rings is 2. The van der Waals surface area contributed by atoms with E-state index in [0.717, 1.165) is 23.0 Å². The van der Waals surface area contributed by atoms with E-state index in [0.29, 0.717) is 22.8 Å². The molecule has 4 nitrogen and oxygen atoms in total. The monoisotopic (exact) mass is 367 g/mol. The van der Waals surface area contributed by atoms with E-state index in [9.17, 15) is 4.79 Å². The average molecular weight is 368 g/mol. The Hall–Kier alpha value is -2.43. The summed E-state index contributed by atoms with van der Waals surface area (Å²) in [5.74, 6) is -0.128. The Kier molecular flexibility index (Phi) is 5.55. The zero-order chi connectivity index (χ0) is 18.7. The van der Waals surface area contributed by atoms with Gasteiger partial charge in [-0.1, -0.05) is 35.9 Å². The van der Waals surface area contributed by atoms with E-state index in [1.165, 1.54) is 5.56 Å². The normalized spacial score (nSPS) is 11.1. The topological polar surface area (TPSA) is 45.2 Å². The van der Waals surface area contributed by atoms with Crippen molar-refractivity contribution >= 4 is 28.4 Å². The zero-order valence-electron chi connectivity index (χ0n) is 15.2. The van der Waals surface area contributed by atoms with Gasteiger partial charge in [-0.05, 0) is 56.4 Å². The number of carbonyl (C=O) groups excluding carboxylic acids is 1. The molecule has 3 rings (SSSR count). The second-order valence-corrected chi connectivity index (χ2v) is 7.08. The zero-order valence-corrected chi connectivity index (χ0v) is 16.0. The third-order valence-corrected chi connectivity index (χ3v) is 4.49. The minimum Gasteiger partial charge on any atom is -0.348 e. The third kappa shape index (κ3) is 4.21. The maximum Gasteiger partial charge on any atom is 0.253 e. The van der Waals surface area contributed by atoms with Crippen LogP contribution in [0.15, 0.2) is 48.5 Å². The van der Waals surface area contributed by atoms with Crippen molar-refractivity contribution < 1.29 is 4.79 Å². The fourth-order valence-electron chi connectivity index (χ4n) is 2.97. The van der Waals surface area contributed by atoms with E-state index in [1.807, 2.05) is 57.4 Å². The van der Waals surface area contributed by atoms with Gasteiger partial charge in [0.25, 0.3) is 5.91 Å². The molecule has 0 atom stereocenters. The van der Waals surface area contributed by atoms with Gasteiger partial charge in [0.15, 0.2) is 0 Å². The van der Waals surface area contributed by atoms with Crippen LogP contribution in [0.5, 0.6) is 0 Å². The van der Waals surface area contributed by atoms with Gasteiger partial charge in [0.05, 0.1) is 16.8 Å². The van der Waals surface area contributed by atoms with Crippen molar-refractivity contribution in [3.8, 4) is 0 Å². The van der Waals surface area contributed by atoms with Gasteiger partial charge in [-0.25, -0.2) is 0 Å². The maximum absolute atomic E-state index is 12.7. The van der Waals surface area contributed by atoms with Crippen molar-refractivity contribution in [3.05, 3.63) is 75.9 Å². The van der Waals surface area contributed by atoms with E-state index in [1.54, 1.807) is 6.07 Å². The van der Waals surface area contributed by atoms with Crippen molar-refractivity contribution in [2.75, 3.05) is 14.1 Å². The van der Waals surface area contributed by atoms with Crippen molar-refractivity contribution in [3.63, 3.8) is 0 Å². The molecule has 3 aromatic rings. The molecule has 0 unspecified atom stereocenters. The van der Waals surface area contributed by atoms with E-state index in [4.69, 9.17) is 11.6 Å². The number of fused-ring (bicyclic) bond motifs is 1. The number of pyridine rings is 1. The number of carbonyl (C=O) groups is 1. The molecule has 0 saturated carbocycles. The number of rotatable bonds is 5. The highest BCUT2D eigenvalue weighted by atomic mass is 35.5. The van der Waals surface area contributed by atoms with Gasteiger partial charge in [-0.3, -0.25) is 9.78 Å². The molecule has 0 spiro atoms. The minimum absolute atomic E-state index is 0.128. The second-order valence-electron chi connectivity index (χ2n) is 6.65. The van der Waals surface area contributed by atoms with Crippen LogP contribution in [0.1, 0.15) is 27.2 Å². The number of amides is 1. The Bertz CT molecular complexity index is 953. The quantitative estimate of drug-likeness (QED) is 0.735. The number of aromatic nitrogens is 1. The molecular formula is C21H22ClN3O. The second kappa shape index (κ2) is 7.85. The van der Waals surface area contributed by atoms with Gasteiger partial charge in [0, 0.05) is 23.5 Å². The summed E-state index contributed by atoms with van der Waals surface area (Å²) < 4.78 is 0. The predicted molar refractivity (Wildman–Crippen MR) is 106 cm³/mol. The molecule has 0 radical (unpaired) electrons. The van der Waals surface area contributed by atoms with Crippen LogP contribution < -0.4 is 5.32 Å². The van der Waals surface area contributed by atoms with Crippen molar-refractivity contribution in [2.24, 2.45) is 0 Å². The van der Waals surface area contributed by atoms with Crippen LogP contribution >= 0.6 is 11.6 Å². The largest absolute Gasteiger partial charge is 0.348 e. The summed E-state index contributed by atoms with van der Waals surface area (Å²) in [6, 6.07) is 15.5. The lowest BCUT2D eigenvalue weighted by atomic mass is 10.1. The minimum atomic E-state index is -0.128. The molecule has 5 heteroatoms.